The van der Waals surface area contributed by atoms with Gasteiger partial charge in [-0.25, -0.2) is 0 Å². The van der Waals surface area contributed by atoms with Crippen LogP contribution in [0, 0.1) is 0 Å². The van der Waals surface area contributed by atoms with Crippen LogP contribution in [0.3, 0.4) is 0 Å². The highest BCUT2D eigenvalue weighted by Gasteiger charge is 2.08. The summed E-state index contributed by atoms with van der Waals surface area (Å²) in [4.78, 5) is 11.7. The number of rotatable bonds is 6. The average molecular weight is 237 g/mol. The fourth-order valence-corrected chi connectivity index (χ4v) is 1.28. The van der Waals surface area contributed by atoms with Crippen LogP contribution < -0.4 is 10.1 Å². The molecule has 1 atom stereocenters. The molecule has 0 bridgehead atoms. The predicted octanol–water partition coefficient (Wildman–Crippen LogP) is 1.59. The lowest BCUT2D eigenvalue weighted by Gasteiger charge is -2.11. The summed E-state index contributed by atoms with van der Waals surface area (Å²) in [5, 5.41) is 11.5. The first-order valence-corrected chi connectivity index (χ1v) is 5.82. The van der Waals surface area contributed by atoms with Gasteiger partial charge >= 0.3 is 0 Å². The number of hydrogen-bond acceptors (Lipinski definition) is 3. The molecule has 0 unspecified atom stereocenters. The summed E-state index contributed by atoms with van der Waals surface area (Å²) in [6.07, 6.45) is 0.955. The molecule has 0 aliphatic heterocycles. The van der Waals surface area contributed by atoms with Crippen LogP contribution in [0.25, 0.3) is 0 Å². The fraction of sp³-hybridized carbons (Fsp3) is 0.462. The maximum atomic E-state index is 11.7. The van der Waals surface area contributed by atoms with E-state index in [1.54, 1.807) is 31.2 Å². The highest BCUT2D eigenvalue weighted by Crippen LogP contribution is 2.12. The van der Waals surface area contributed by atoms with Crippen LogP contribution in [0.5, 0.6) is 5.75 Å². The zero-order chi connectivity index (χ0) is 12.7. The second kappa shape index (κ2) is 6.91. The van der Waals surface area contributed by atoms with Crippen molar-refractivity contribution in [2.24, 2.45) is 0 Å². The Kier molecular flexibility index (Phi) is 5.49. The van der Waals surface area contributed by atoms with Crippen molar-refractivity contribution in [3.63, 3.8) is 0 Å². The van der Waals surface area contributed by atoms with Crippen LogP contribution in [0.1, 0.15) is 30.6 Å². The lowest BCUT2D eigenvalue weighted by atomic mass is 10.2. The third kappa shape index (κ3) is 4.44. The van der Waals surface area contributed by atoms with E-state index < -0.39 is 0 Å². The number of ether oxygens (including phenoxy) is 1. The third-order valence-electron chi connectivity index (χ3n) is 2.24. The van der Waals surface area contributed by atoms with Gasteiger partial charge in [-0.15, -0.1) is 0 Å². The molecular weight excluding hydrogens is 218 g/mol. The van der Waals surface area contributed by atoms with E-state index in [1.807, 2.05) is 6.92 Å². The van der Waals surface area contributed by atoms with Gasteiger partial charge in [0.25, 0.3) is 5.91 Å². The van der Waals surface area contributed by atoms with E-state index in [0.29, 0.717) is 12.2 Å². The Labute approximate surface area is 102 Å². The lowest BCUT2D eigenvalue weighted by molar-refractivity contribution is 0.0922. The van der Waals surface area contributed by atoms with Crippen molar-refractivity contribution in [1.82, 2.24) is 5.32 Å². The summed E-state index contributed by atoms with van der Waals surface area (Å²) in [5.74, 6) is 0.576. The van der Waals surface area contributed by atoms with Gasteiger partial charge in [0.1, 0.15) is 5.75 Å². The van der Waals surface area contributed by atoms with Gasteiger partial charge in [0.15, 0.2) is 0 Å². The molecule has 1 aromatic carbocycles. The van der Waals surface area contributed by atoms with E-state index in [-0.39, 0.29) is 18.6 Å². The second-order valence-corrected chi connectivity index (χ2v) is 3.93. The Balaban J connectivity index is 2.57. The Morgan fingerprint density at radius 1 is 1.41 bits per heavy atom. The number of carbonyl (C=O) groups is 1. The van der Waals surface area contributed by atoms with Gasteiger partial charge in [0.2, 0.25) is 0 Å². The molecule has 4 heteroatoms. The normalized spacial score (nSPS) is 11.9. The standard InChI is InChI=1S/C13H19NO3/c1-3-8-17-12-6-4-11(5-7-12)13(16)14-10(2)9-15/h4-7,10,15H,3,8-9H2,1-2H3,(H,14,16)/t10-/m1/s1. The lowest BCUT2D eigenvalue weighted by Crippen LogP contribution is -2.34. The summed E-state index contributed by atoms with van der Waals surface area (Å²) in [6, 6.07) is 6.73. The highest BCUT2D eigenvalue weighted by atomic mass is 16.5. The molecule has 1 aromatic rings. The number of aliphatic hydroxyl groups excluding tert-OH is 1. The number of benzene rings is 1. The Morgan fingerprint density at radius 3 is 2.59 bits per heavy atom. The Hall–Kier alpha value is -1.55. The number of nitrogens with one attached hydrogen (secondary N) is 1. The molecule has 0 aromatic heterocycles. The molecule has 0 spiro atoms. The van der Waals surface area contributed by atoms with E-state index in [1.165, 1.54) is 0 Å². The van der Waals surface area contributed by atoms with E-state index in [0.717, 1.165) is 12.2 Å². The summed E-state index contributed by atoms with van der Waals surface area (Å²) in [5.41, 5.74) is 0.564. The van der Waals surface area contributed by atoms with E-state index in [4.69, 9.17) is 9.84 Å². The molecule has 0 aliphatic carbocycles. The minimum absolute atomic E-state index is 0.0660. The SMILES string of the molecule is CCCOc1ccc(C(=O)N[C@H](C)CO)cc1. The molecule has 17 heavy (non-hydrogen) atoms. The van der Waals surface area contributed by atoms with Gasteiger partial charge < -0.3 is 15.2 Å². The molecule has 0 aliphatic rings. The van der Waals surface area contributed by atoms with E-state index in [2.05, 4.69) is 5.32 Å². The number of aliphatic hydroxyl groups is 1. The average Bonchev–Trinajstić information content (AvgIpc) is 2.36. The highest BCUT2D eigenvalue weighted by molar-refractivity contribution is 5.94. The molecule has 4 nitrogen and oxygen atoms in total. The van der Waals surface area contributed by atoms with Crippen LogP contribution in [0.15, 0.2) is 24.3 Å². The van der Waals surface area contributed by atoms with Crippen LogP contribution in [0.2, 0.25) is 0 Å². The largest absolute Gasteiger partial charge is 0.494 e. The first kappa shape index (κ1) is 13.5. The first-order chi connectivity index (χ1) is 8.17. The van der Waals surface area contributed by atoms with Crippen molar-refractivity contribution in [2.75, 3.05) is 13.2 Å². The van der Waals surface area contributed by atoms with E-state index >= 15 is 0 Å². The molecular formula is C13H19NO3. The maximum Gasteiger partial charge on any atom is 0.251 e. The van der Waals surface area contributed by atoms with E-state index in [9.17, 15) is 4.79 Å². The maximum absolute atomic E-state index is 11.7. The molecule has 0 radical (unpaired) electrons. The molecule has 2 N–H and O–H groups in total. The number of carbonyl (C=O) groups excluding carboxylic acids is 1. The summed E-state index contributed by atoms with van der Waals surface area (Å²) >= 11 is 0. The zero-order valence-corrected chi connectivity index (χ0v) is 10.3. The van der Waals surface area contributed by atoms with Crippen LogP contribution in [-0.2, 0) is 0 Å². The quantitative estimate of drug-likeness (QED) is 0.790. The smallest absolute Gasteiger partial charge is 0.251 e. The molecule has 1 rings (SSSR count). The molecule has 1 amide bonds. The van der Waals surface area contributed by atoms with Crippen LogP contribution >= 0.6 is 0 Å². The van der Waals surface area contributed by atoms with Gasteiger partial charge in [-0.05, 0) is 37.6 Å². The van der Waals surface area contributed by atoms with Gasteiger partial charge in [-0.1, -0.05) is 6.92 Å². The molecule has 0 saturated heterocycles. The van der Waals surface area contributed by atoms with Gasteiger partial charge in [-0.3, -0.25) is 4.79 Å². The molecule has 94 valence electrons. The van der Waals surface area contributed by atoms with Gasteiger partial charge in [0.05, 0.1) is 13.2 Å². The Bertz CT molecular complexity index is 348. The van der Waals surface area contributed by atoms with Crippen molar-refractivity contribution >= 4 is 5.91 Å². The Morgan fingerprint density at radius 2 is 2.06 bits per heavy atom. The van der Waals surface area contributed by atoms with Crippen molar-refractivity contribution in [1.29, 1.82) is 0 Å². The summed E-state index contributed by atoms with van der Waals surface area (Å²) in [6.45, 7) is 4.39. The zero-order valence-electron chi connectivity index (χ0n) is 10.3. The summed E-state index contributed by atoms with van der Waals surface area (Å²) < 4.78 is 5.42. The van der Waals surface area contributed by atoms with Crippen molar-refractivity contribution < 1.29 is 14.6 Å². The molecule has 0 saturated carbocycles. The molecule has 0 heterocycles. The van der Waals surface area contributed by atoms with Gasteiger partial charge in [-0.2, -0.15) is 0 Å². The van der Waals surface area contributed by atoms with Crippen LogP contribution in [0.4, 0.5) is 0 Å². The number of amides is 1. The minimum Gasteiger partial charge on any atom is -0.494 e. The minimum atomic E-state index is -0.237. The topological polar surface area (TPSA) is 58.6 Å². The fourth-order valence-electron chi connectivity index (χ4n) is 1.28. The van der Waals surface area contributed by atoms with Crippen molar-refractivity contribution in [2.45, 2.75) is 26.3 Å². The van der Waals surface area contributed by atoms with Crippen molar-refractivity contribution in [3.05, 3.63) is 29.8 Å². The first-order valence-electron chi connectivity index (χ1n) is 5.82. The summed E-state index contributed by atoms with van der Waals surface area (Å²) in [7, 11) is 0. The third-order valence-corrected chi connectivity index (χ3v) is 2.24. The monoisotopic (exact) mass is 237 g/mol. The van der Waals surface area contributed by atoms with Crippen LogP contribution in [-0.4, -0.2) is 30.3 Å². The predicted molar refractivity (Wildman–Crippen MR) is 66.2 cm³/mol. The number of hydrogen-bond donors (Lipinski definition) is 2. The van der Waals surface area contributed by atoms with Gasteiger partial charge in [0, 0.05) is 11.6 Å². The second-order valence-electron chi connectivity index (χ2n) is 3.93. The molecule has 0 fully saturated rings. The van der Waals surface area contributed by atoms with Crippen molar-refractivity contribution in [3.8, 4) is 5.75 Å².